The highest BCUT2D eigenvalue weighted by atomic mass is 15.1. The number of hydrogen-bond donors (Lipinski definition) is 0. The molecular formula is C54H47N. The molecule has 0 N–H and O–H groups in total. The highest BCUT2D eigenvalue weighted by Gasteiger charge is 2.39. The van der Waals surface area contributed by atoms with Crippen molar-refractivity contribution in [1.29, 1.82) is 0 Å². The Bertz CT molecular complexity index is 2720. The number of nitrogens with zero attached hydrogens (tertiary/aromatic N) is 1. The molecule has 10 rings (SSSR count). The molecule has 0 amide bonds. The molecule has 55 heavy (non-hydrogen) atoms. The molecule has 0 spiro atoms. The van der Waals surface area contributed by atoms with Gasteiger partial charge in [-0.05, 0) is 156 Å². The second-order valence-electron chi connectivity index (χ2n) is 17.5. The minimum Gasteiger partial charge on any atom is -0.310 e. The van der Waals surface area contributed by atoms with Crippen LogP contribution in [0.25, 0.3) is 49.4 Å². The lowest BCUT2D eigenvalue weighted by atomic mass is 9.80. The largest absolute Gasteiger partial charge is 0.310 e. The van der Waals surface area contributed by atoms with Crippen LogP contribution in [0.1, 0.15) is 81.8 Å². The Kier molecular flexibility index (Phi) is 7.06. The van der Waals surface area contributed by atoms with Crippen molar-refractivity contribution in [2.45, 2.75) is 64.7 Å². The van der Waals surface area contributed by atoms with E-state index in [0.29, 0.717) is 0 Å². The number of benzene rings is 7. The molecule has 0 saturated heterocycles. The van der Waals surface area contributed by atoms with Gasteiger partial charge in [0.1, 0.15) is 0 Å². The summed E-state index contributed by atoms with van der Waals surface area (Å²) in [7, 11) is 0. The van der Waals surface area contributed by atoms with Crippen molar-refractivity contribution in [2.75, 3.05) is 4.90 Å². The van der Waals surface area contributed by atoms with Gasteiger partial charge in [-0.1, -0.05) is 133 Å². The van der Waals surface area contributed by atoms with Crippen LogP contribution in [0.5, 0.6) is 0 Å². The molecule has 7 aromatic carbocycles. The number of anilines is 3. The van der Waals surface area contributed by atoms with Crippen LogP contribution in [0.2, 0.25) is 0 Å². The SMILES string of the molecule is C=C/C=C\C1=C(C)c2ccc(N(c3ccc4c(c3)C(C)(C)c3cc5ccccc5cc3-4)c3ccc4c(c3)C(C)(C)c3cc5ccccc5cc3-4)cc2C1(C)C. The summed E-state index contributed by atoms with van der Waals surface area (Å²) in [6.45, 7) is 20.5. The lowest BCUT2D eigenvalue weighted by Gasteiger charge is -2.31. The Labute approximate surface area is 326 Å². The topological polar surface area (TPSA) is 3.24 Å². The molecule has 3 aliphatic rings. The average Bonchev–Trinajstić information content (AvgIpc) is 3.62. The van der Waals surface area contributed by atoms with Crippen LogP contribution in [-0.4, -0.2) is 0 Å². The third kappa shape index (κ3) is 4.72. The molecule has 0 radical (unpaired) electrons. The third-order valence-electron chi connectivity index (χ3n) is 13.4. The van der Waals surface area contributed by atoms with Crippen molar-refractivity contribution < 1.29 is 0 Å². The van der Waals surface area contributed by atoms with E-state index in [9.17, 15) is 0 Å². The van der Waals surface area contributed by atoms with Crippen molar-refractivity contribution in [1.82, 2.24) is 0 Å². The molecule has 3 aliphatic carbocycles. The number of rotatable bonds is 5. The van der Waals surface area contributed by atoms with Crippen LogP contribution in [0.3, 0.4) is 0 Å². The molecule has 0 saturated carbocycles. The Morgan fingerprint density at radius 3 is 1.25 bits per heavy atom. The van der Waals surface area contributed by atoms with Crippen molar-refractivity contribution in [2.24, 2.45) is 0 Å². The maximum Gasteiger partial charge on any atom is 0.0465 e. The molecule has 1 heteroatoms. The molecule has 0 aliphatic heterocycles. The van der Waals surface area contributed by atoms with E-state index in [1.165, 1.54) is 105 Å². The third-order valence-corrected chi connectivity index (χ3v) is 13.4. The minimum atomic E-state index is -0.146. The average molecular weight is 710 g/mol. The summed E-state index contributed by atoms with van der Waals surface area (Å²) < 4.78 is 0. The Balaban J connectivity index is 1.17. The lowest BCUT2D eigenvalue weighted by Crippen LogP contribution is -2.19. The number of allylic oxidation sites excluding steroid dienone is 5. The Morgan fingerprint density at radius 1 is 0.436 bits per heavy atom. The van der Waals surface area contributed by atoms with Crippen LogP contribution >= 0.6 is 0 Å². The molecular weight excluding hydrogens is 663 g/mol. The summed E-state index contributed by atoms with van der Waals surface area (Å²) in [5.74, 6) is 0. The van der Waals surface area contributed by atoms with E-state index in [-0.39, 0.29) is 16.2 Å². The highest BCUT2D eigenvalue weighted by Crippen LogP contribution is 2.55. The number of hydrogen-bond acceptors (Lipinski definition) is 1. The van der Waals surface area contributed by atoms with Gasteiger partial charge in [0.05, 0.1) is 0 Å². The molecule has 0 fully saturated rings. The van der Waals surface area contributed by atoms with E-state index in [0.717, 1.165) is 0 Å². The van der Waals surface area contributed by atoms with E-state index >= 15 is 0 Å². The zero-order valence-corrected chi connectivity index (χ0v) is 33.0. The molecule has 0 atom stereocenters. The van der Waals surface area contributed by atoms with E-state index in [2.05, 4.69) is 199 Å². The summed E-state index contributed by atoms with van der Waals surface area (Å²) >= 11 is 0. The van der Waals surface area contributed by atoms with Gasteiger partial charge in [-0.15, -0.1) is 0 Å². The maximum absolute atomic E-state index is 3.96. The molecule has 268 valence electrons. The first kappa shape index (κ1) is 33.6. The predicted molar refractivity (Wildman–Crippen MR) is 236 cm³/mol. The van der Waals surface area contributed by atoms with E-state index < -0.39 is 0 Å². The van der Waals surface area contributed by atoms with Crippen molar-refractivity contribution >= 4 is 44.2 Å². The summed E-state index contributed by atoms with van der Waals surface area (Å²) in [6, 6.07) is 48.7. The van der Waals surface area contributed by atoms with Gasteiger partial charge < -0.3 is 4.90 Å². The first-order valence-corrected chi connectivity index (χ1v) is 19.7. The Morgan fingerprint density at radius 2 is 0.818 bits per heavy atom. The van der Waals surface area contributed by atoms with E-state index in [1.54, 1.807) is 0 Å². The van der Waals surface area contributed by atoms with Crippen molar-refractivity contribution in [3.63, 3.8) is 0 Å². The first-order valence-electron chi connectivity index (χ1n) is 19.7. The lowest BCUT2D eigenvalue weighted by molar-refractivity contribution is 0.654. The van der Waals surface area contributed by atoms with Gasteiger partial charge in [-0.25, -0.2) is 0 Å². The second kappa shape index (κ2) is 11.5. The van der Waals surface area contributed by atoms with Crippen LogP contribution in [0, 0.1) is 0 Å². The number of fused-ring (bicyclic) bond motifs is 9. The fourth-order valence-electron chi connectivity index (χ4n) is 10.3. The molecule has 1 nitrogen and oxygen atoms in total. The summed E-state index contributed by atoms with van der Waals surface area (Å²) in [4.78, 5) is 2.51. The maximum atomic E-state index is 3.96. The van der Waals surface area contributed by atoms with Crippen LogP contribution in [0.15, 0.2) is 158 Å². The predicted octanol–water partition coefficient (Wildman–Crippen LogP) is 14.9. The standard InChI is InChI=1S/C54H47N/c1-9-10-19-46-33(2)41-23-20-38(30-49(41)52(46,3)4)55(39-21-24-42-44-26-34-15-11-13-17-36(34)28-47(44)53(5,6)50(42)31-39)40-22-25-43-45-27-35-16-12-14-18-37(35)29-48(45)54(7,8)51(43)32-40/h9-32H,1H2,2-8H3/b19-10-. The molecule has 7 aromatic rings. The minimum absolute atomic E-state index is 0.145. The second-order valence-corrected chi connectivity index (χ2v) is 17.5. The summed E-state index contributed by atoms with van der Waals surface area (Å²) in [5.41, 5.74) is 19.4. The van der Waals surface area contributed by atoms with E-state index in [4.69, 9.17) is 0 Å². The van der Waals surface area contributed by atoms with E-state index in [1.807, 2.05) is 6.08 Å². The fourth-order valence-corrected chi connectivity index (χ4v) is 10.3. The smallest absolute Gasteiger partial charge is 0.0465 e. The monoisotopic (exact) mass is 709 g/mol. The molecule has 0 bridgehead atoms. The van der Waals surface area contributed by atoms with Crippen molar-refractivity contribution in [3.8, 4) is 22.3 Å². The van der Waals surface area contributed by atoms with Crippen molar-refractivity contribution in [3.05, 3.63) is 191 Å². The molecule has 0 aromatic heterocycles. The highest BCUT2D eigenvalue weighted by molar-refractivity contribution is 5.97. The van der Waals surface area contributed by atoms with Gasteiger partial charge in [0.25, 0.3) is 0 Å². The van der Waals surface area contributed by atoms with Gasteiger partial charge in [0, 0.05) is 33.3 Å². The normalized spacial score (nSPS) is 16.6. The van der Waals surface area contributed by atoms with Crippen LogP contribution in [0.4, 0.5) is 17.1 Å². The molecule has 0 unspecified atom stereocenters. The van der Waals surface area contributed by atoms with Gasteiger partial charge in [0.15, 0.2) is 0 Å². The van der Waals surface area contributed by atoms with Crippen LogP contribution in [-0.2, 0) is 16.2 Å². The zero-order valence-electron chi connectivity index (χ0n) is 33.0. The van der Waals surface area contributed by atoms with Gasteiger partial charge in [-0.2, -0.15) is 0 Å². The Hall–Kier alpha value is -5.92. The molecule has 0 heterocycles. The van der Waals surface area contributed by atoms with Gasteiger partial charge in [-0.3, -0.25) is 0 Å². The summed E-state index contributed by atoms with van der Waals surface area (Å²) in [6.07, 6.45) is 6.19. The quantitative estimate of drug-likeness (QED) is 0.161. The van der Waals surface area contributed by atoms with Gasteiger partial charge in [0.2, 0.25) is 0 Å². The fraction of sp³-hybridized carbons (Fsp3) is 0.185. The zero-order chi connectivity index (χ0) is 38.0. The van der Waals surface area contributed by atoms with Gasteiger partial charge >= 0.3 is 0 Å². The summed E-state index contributed by atoms with van der Waals surface area (Å²) in [5, 5.41) is 5.17. The first-order chi connectivity index (χ1) is 26.4. The van der Waals surface area contributed by atoms with Crippen LogP contribution < -0.4 is 4.90 Å².